The molecule has 1 fully saturated rings. The number of ether oxygens (including phenoxy) is 1. The third-order valence-corrected chi connectivity index (χ3v) is 5.17. The predicted molar refractivity (Wildman–Crippen MR) is 112 cm³/mol. The van der Waals surface area contributed by atoms with Gasteiger partial charge < -0.3 is 18.2 Å². The van der Waals surface area contributed by atoms with E-state index < -0.39 is 10.9 Å². The predicted octanol–water partition coefficient (Wildman–Crippen LogP) is 2.93. The summed E-state index contributed by atoms with van der Waals surface area (Å²) in [6, 6.07) is 4.25. The van der Waals surface area contributed by atoms with Gasteiger partial charge in [0.15, 0.2) is 0 Å². The molecule has 0 unspecified atom stereocenters. The number of carbonyl (C=O) groups is 1. The molecule has 1 aliphatic rings. The van der Waals surface area contributed by atoms with Crippen molar-refractivity contribution in [2.75, 3.05) is 51.2 Å². The minimum Gasteiger partial charge on any atom is -0.468 e. The minimum absolute atomic E-state index is 0. The summed E-state index contributed by atoms with van der Waals surface area (Å²) in [6.45, 7) is 9.92. The number of nitro groups is 1. The fourth-order valence-corrected chi connectivity index (χ4v) is 3.22. The largest absolute Gasteiger partial charge is 0.468 e. The summed E-state index contributed by atoms with van der Waals surface area (Å²) in [6.07, 6.45) is 5.46. The molecule has 1 aromatic carbocycles. The van der Waals surface area contributed by atoms with Crippen molar-refractivity contribution in [3.63, 3.8) is 0 Å². The van der Waals surface area contributed by atoms with Crippen LogP contribution in [0.5, 0.6) is 0 Å². The maximum atomic E-state index is 11.2. The van der Waals surface area contributed by atoms with E-state index in [1.165, 1.54) is 25.3 Å². The van der Waals surface area contributed by atoms with Crippen molar-refractivity contribution in [2.24, 2.45) is 0 Å². The maximum absolute atomic E-state index is 11.2. The van der Waals surface area contributed by atoms with Gasteiger partial charge in [-0.3, -0.25) is 21.5 Å². The molecule has 28 heavy (non-hydrogen) atoms. The molecular weight excluding hydrogens is 575 g/mol. The number of hydrogen-bond donors (Lipinski definition) is 0. The molecular formula is C17H24N4O4ReS2-2. The van der Waals surface area contributed by atoms with Crippen molar-refractivity contribution in [1.29, 1.82) is 0 Å². The van der Waals surface area contributed by atoms with Crippen LogP contribution in [0.1, 0.15) is 5.56 Å². The number of hydrogen-bond acceptors (Lipinski definition) is 9. The smallest absolute Gasteiger partial charge is 0.325 e. The first-order valence-electron chi connectivity index (χ1n) is 7.94. The number of non-ortho nitro benzene ring substituents is 1. The van der Waals surface area contributed by atoms with Gasteiger partial charge >= 0.3 is 5.97 Å². The van der Waals surface area contributed by atoms with Gasteiger partial charge in [0.25, 0.3) is 5.69 Å². The number of nitro benzene ring substituents is 1. The quantitative estimate of drug-likeness (QED) is 0.155. The first kappa shape index (κ1) is 26.9. The molecule has 1 saturated heterocycles. The van der Waals surface area contributed by atoms with Gasteiger partial charge in [-0.15, -0.1) is 29.5 Å². The molecule has 157 valence electrons. The maximum Gasteiger partial charge on any atom is 0.325 e. The molecule has 8 nitrogen and oxygen atoms in total. The molecule has 1 heterocycles. The average molecular weight is 599 g/mol. The summed E-state index contributed by atoms with van der Waals surface area (Å²) < 4.78 is 9.01. The van der Waals surface area contributed by atoms with Crippen molar-refractivity contribution in [2.45, 2.75) is 0 Å². The van der Waals surface area contributed by atoms with Crippen LogP contribution in [0.25, 0.3) is 6.08 Å². The molecule has 2 rings (SSSR count). The van der Waals surface area contributed by atoms with Crippen LogP contribution < -0.4 is 4.90 Å². The van der Waals surface area contributed by atoms with Crippen molar-refractivity contribution in [3.05, 3.63) is 47.1 Å². The van der Waals surface area contributed by atoms with Crippen molar-refractivity contribution in [1.82, 2.24) is 8.61 Å². The van der Waals surface area contributed by atoms with Crippen LogP contribution in [0.3, 0.4) is 0 Å². The van der Waals surface area contributed by atoms with E-state index in [-0.39, 0.29) is 32.7 Å². The van der Waals surface area contributed by atoms with Crippen LogP contribution in [0.15, 0.2) is 18.2 Å². The third-order valence-electron chi connectivity index (χ3n) is 3.67. The molecule has 0 saturated carbocycles. The van der Waals surface area contributed by atoms with E-state index in [1.54, 1.807) is 41.9 Å². The zero-order valence-electron chi connectivity index (χ0n) is 16.2. The van der Waals surface area contributed by atoms with Crippen LogP contribution in [0, 0.1) is 23.4 Å². The number of methoxy groups -OCH3 is 1. The van der Waals surface area contributed by atoms with E-state index in [4.69, 9.17) is 6.58 Å². The molecule has 0 bridgehead atoms. The summed E-state index contributed by atoms with van der Waals surface area (Å²) >= 11 is 3.55. The molecule has 11 heteroatoms. The van der Waals surface area contributed by atoms with Crippen molar-refractivity contribution in [3.8, 4) is 0 Å². The summed E-state index contributed by atoms with van der Waals surface area (Å²) in [4.78, 5) is 22.9. The number of carbonyl (C=O) groups excluding carboxylic acids is 1. The topological polar surface area (TPSA) is 79.2 Å². The molecule has 0 atom stereocenters. The van der Waals surface area contributed by atoms with Crippen LogP contribution in [-0.2, 0) is 30.0 Å². The molecule has 1 aromatic rings. The number of nitrogens with zero attached hydrogens (tertiary/aromatic N) is 4. The Bertz CT molecular complexity index is 656. The Morgan fingerprint density at radius 2 is 1.96 bits per heavy atom. The zero-order valence-corrected chi connectivity index (χ0v) is 20.6. The third kappa shape index (κ3) is 8.51. The van der Waals surface area contributed by atoms with Gasteiger partial charge in [0.2, 0.25) is 0 Å². The van der Waals surface area contributed by atoms with Gasteiger partial charge in [-0.2, -0.15) is 6.67 Å². The Balaban J connectivity index is 0.000000614. The molecule has 0 aromatic heterocycles. The standard InChI is InChI=1S/C12H13N2O4.C5H11N2S2.Re/c1-4-9-7-10(14(16)17)5-6-11(9)13(2)8-12(15)18-3;1-8-6-3-4-7(5-6)9-2;/h1,4-7H,8H2,2-3H3;5H,3-4H2,1-2H3;/q2*-1;. The zero-order chi connectivity index (χ0) is 20.4. The molecule has 1 aliphatic heterocycles. The Labute approximate surface area is 188 Å². The Morgan fingerprint density at radius 1 is 1.39 bits per heavy atom. The minimum atomic E-state index is -0.503. The fraction of sp³-hybridized carbons (Fsp3) is 0.412. The number of rotatable bonds is 7. The summed E-state index contributed by atoms with van der Waals surface area (Å²) in [5.74, 6) is -0.404. The average Bonchev–Trinajstić information content (AvgIpc) is 3.16. The first-order chi connectivity index (χ1) is 12.9. The van der Waals surface area contributed by atoms with E-state index >= 15 is 0 Å². The van der Waals surface area contributed by atoms with Gasteiger partial charge in [-0.05, 0) is 37.4 Å². The number of anilines is 1. The summed E-state index contributed by atoms with van der Waals surface area (Å²) in [5, 5.41) is 10.6. The van der Waals surface area contributed by atoms with Crippen LogP contribution >= 0.6 is 23.9 Å². The van der Waals surface area contributed by atoms with Gasteiger partial charge in [0.05, 0.1) is 12.0 Å². The second kappa shape index (κ2) is 14.0. The second-order valence-corrected chi connectivity index (χ2v) is 7.03. The molecule has 0 N–H and O–H groups in total. The monoisotopic (exact) mass is 599 g/mol. The van der Waals surface area contributed by atoms with Gasteiger partial charge in [-0.25, -0.2) is 6.08 Å². The van der Waals surface area contributed by atoms with E-state index in [2.05, 4.69) is 32.5 Å². The number of benzene rings is 1. The summed E-state index contributed by atoms with van der Waals surface area (Å²) in [5.41, 5.74) is 1.05. The van der Waals surface area contributed by atoms with Crippen LogP contribution in [0.4, 0.5) is 11.4 Å². The van der Waals surface area contributed by atoms with Gasteiger partial charge in [0.1, 0.15) is 6.54 Å². The van der Waals surface area contributed by atoms with E-state index in [9.17, 15) is 14.9 Å². The van der Waals surface area contributed by atoms with E-state index in [1.807, 2.05) is 0 Å². The fourth-order valence-electron chi connectivity index (χ4n) is 2.21. The van der Waals surface area contributed by atoms with Crippen molar-refractivity contribution < 1.29 is 34.9 Å². The SMILES string of the molecule is CSN1[CH-]N(SC)CC1.[CH-]=Cc1cc([N+](=O)[O-])ccc1N(C)CC(=O)OC.[Re]. The Kier molecular flexibility index (Phi) is 13.4. The van der Waals surface area contributed by atoms with Crippen molar-refractivity contribution >= 4 is 47.3 Å². The van der Waals surface area contributed by atoms with E-state index in [0.29, 0.717) is 11.3 Å². The number of likely N-dealkylation sites (N-methyl/N-ethyl adjacent to an activating group) is 1. The second-order valence-electron chi connectivity index (χ2n) is 5.36. The van der Waals surface area contributed by atoms with E-state index in [0.717, 1.165) is 13.1 Å². The molecule has 0 aliphatic carbocycles. The Hall–Kier alpha value is -1.09. The molecule has 1 radical (unpaired) electrons. The first-order valence-corrected chi connectivity index (χ1v) is 10.3. The molecule has 0 amide bonds. The normalized spacial score (nSPS) is 13.7. The van der Waals surface area contributed by atoms with Crippen LogP contribution in [-0.4, -0.2) is 65.8 Å². The molecule has 0 spiro atoms. The number of esters is 1. The Morgan fingerprint density at radius 3 is 2.36 bits per heavy atom. The van der Waals surface area contributed by atoms with Gasteiger partial charge in [-0.1, -0.05) is 6.07 Å². The summed E-state index contributed by atoms with van der Waals surface area (Å²) in [7, 11) is 2.97. The van der Waals surface area contributed by atoms with Crippen LogP contribution in [0.2, 0.25) is 0 Å². The van der Waals surface area contributed by atoms with Gasteiger partial charge in [0, 0.05) is 33.5 Å².